The van der Waals surface area contributed by atoms with Crippen LogP contribution in [-0.4, -0.2) is 46.5 Å². The van der Waals surface area contributed by atoms with Crippen molar-refractivity contribution in [2.45, 2.75) is 79.1 Å². The minimum Gasteiger partial charge on any atom is -0.333 e. The Hall–Kier alpha value is -0.620. The maximum absolute atomic E-state index is 12.4. The third-order valence-corrected chi connectivity index (χ3v) is 5.82. The van der Waals surface area contributed by atoms with E-state index in [1.54, 1.807) is 0 Å². The van der Waals surface area contributed by atoms with Gasteiger partial charge in [0.1, 0.15) is 0 Å². The van der Waals surface area contributed by atoms with Crippen molar-refractivity contribution in [3.8, 4) is 0 Å². The van der Waals surface area contributed by atoms with E-state index in [0.717, 1.165) is 99.1 Å². The first kappa shape index (κ1) is 27.6. The number of nitrogens with zero attached hydrogens (tertiary/aromatic N) is 2. The Labute approximate surface area is 169 Å². The van der Waals surface area contributed by atoms with Gasteiger partial charge in [0.15, 0.2) is 0 Å². The Morgan fingerprint density at radius 3 is 1.04 bits per heavy atom. The normalized spacial score (nSPS) is 10.0. The van der Waals surface area contributed by atoms with Crippen LogP contribution in [0.1, 0.15) is 79.1 Å². The summed E-state index contributed by atoms with van der Waals surface area (Å²) in [4.78, 5) is 28.6. The molecule has 0 unspecified atom stereocenters. The van der Waals surface area contributed by atoms with Gasteiger partial charge in [-0.05, 0) is 25.7 Å². The van der Waals surface area contributed by atoms with Crippen LogP contribution in [0.3, 0.4) is 0 Å². The van der Waals surface area contributed by atoms with Crippen molar-refractivity contribution in [3.63, 3.8) is 0 Å². The van der Waals surface area contributed by atoms with Crippen LogP contribution in [0.25, 0.3) is 0 Å². The number of amides is 2. The molecule has 2 amide bonds. The van der Waals surface area contributed by atoms with E-state index in [9.17, 15) is 9.59 Å². The van der Waals surface area contributed by atoms with E-state index >= 15 is 0 Å². The van der Waals surface area contributed by atoms with Crippen molar-refractivity contribution in [2.75, 3.05) is 26.2 Å². The first-order valence-electron chi connectivity index (χ1n) is 10.0. The largest absolute Gasteiger partial charge is 0.333 e. The molecule has 0 aromatic heterocycles. The molecule has 4 nitrogen and oxygen atoms in total. The molecule has 0 radical (unpaired) electrons. The number of hydrogen-bond acceptors (Lipinski definition) is 4. The molecule has 0 N–H and O–H groups in total. The summed E-state index contributed by atoms with van der Waals surface area (Å²) in [7, 11) is 2.20. The fourth-order valence-electron chi connectivity index (χ4n) is 2.16. The molecule has 26 heavy (non-hydrogen) atoms. The van der Waals surface area contributed by atoms with Crippen LogP contribution in [0.4, 0.5) is 9.59 Å². The molecule has 0 aliphatic carbocycles. The summed E-state index contributed by atoms with van der Waals surface area (Å²) >= 11 is 0. The Kier molecular flexibility index (Phi) is 22.0. The van der Waals surface area contributed by atoms with Crippen molar-refractivity contribution in [1.82, 2.24) is 9.80 Å². The van der Waals surface area contributed by atoms with Crippen LogP contribution in [0.15, 0.2) is 13.2 Å². The zero-order valence-electron chi connectivity index (χ0n) is 17.4. The predicted molar refractivity (Wildman–Crippen MR) is 120 cm³/mol. The molecule has 0 fully saturated rings. The van der Waals surface area contributed by atoms with Crippen LogP contribution in [0.5, 0.6) is 0 Å². The highest BCUT2D eigenvalue weighted by Gasteiger charge is 2.19. The lowest BCUT2D eigenvalue weighted by atomic mass is 10.3. The number of rotatable bonds is 12. The summed E-state index contributed by atoms with van der Waals surface area (Å²) < 4.78 is 0. The van der Waals surface area contributed by atoms with Crippen molar-refractivity contribution >= 4 is 32.1 Å². The summed E-state index contributed by atoms with van der Waals surface area (Å²) in [5.74, 6) is 0. The van der Waals surface area contributed by atoms with Crippen LogP contribution >= 0.6 is 21.6 Å². The Bertz CT molecular complexity index is 307. The lowest BCUT2D eigenvalue weighted by Crippen LogP contribution is -2.31. The van der Waals surface area contributed by atoms with Gasteiger partial charge in [-0.1, -0.05) is 53.4 Å². The monoisotopic (exact) mass is 404 g/mol. The van der Waals surface area contributed by atoms with Crippen molar-refractivity contribution in [2.24, 2.45) is 0 Å². The first-order valence-corrected chi connectivity index (χ1v) is 12.2. The van der Waals surface area contributed by atoms with Gasteiger partial charge < -0.3 is 9.80 Å². The molecular formula is C20H40N2O2S2. The van der Waals surface area contributed by atoms with E-state index in [2.05, 4.69) is 40.9 Å². The maximum Gasteiger partial charge on any atom is 0.292 e. The molecule has 0 spiro atoms. The lowest BCUT2D eigenvalue weighted by molar-refractivity contribution is 0.220. The molecule has 0 atom stereocenters. The van der Waals surface area contributed by atoms with Gasteiger partial charge in [0.2, 0.25) is 0 Å². The van der Waals surface area contributed by atoms with E-state index in [4.69, 9.17) is 0 Å². The zero-order valence-corrected chi connectivity index (χ0v) is 19.1. The summed E-state index contributed by atoms with van der Waals surface area (Å²) in [6.45, 7) is 17.7. The average molecular weight is 405 g/mol. The highest BCUT2D eigenvalue weighted by atomic mass is 33.1. The SMILES string of the molecule is C=C.CCCCN(CCCC)C(=O)SSC(=O)N(CCCC)CCCC. The molecule has 0 bridgehead atoms. The number of carbonyl (C=O) groups excluding carboxylic acids is 2. The van der Waals surface area contributed by atoms with Crippen LogP contribution in [-0.2, 0) is 0 Å². The summed E-state index contributed by atoms with van der Waals surface area (Å²) in [5.41, 5.74) is 0. The third kappa shape index (κ3) is 14.5. The van der Waals surface area contributed by atoms with Crippen LogP contribution < -0.4 is 0 Å². The van der Waals surface area contributed by atoms with Gasteiger partial charge in [0.25, 0.3) is 10.5 Å². The molecule has 0 aliphatic rings. The van der Waals surface area contributed by atoms with E-state index < -0.39 is 0 Å². The quantitative estimate of drug-likeness (QED) is 0.254. The van der Waals surface area contributed by atoms with Gasteiger partial charge >= 0.3 is 0 Å². The Morgan fingerprint density at radius 1 is 0.615 bits per heavy atom. The van der Waals surface area contributed by atoms with E-state index in [1.807, 2.05) is 9.80 Å². The van der Waals surface area contributed by atoms with Gasteiger partial charge in [0.05, 0.1) is 0 Å². The molecule has 0 aliphatic heterocycles. The summed E-state index contributed by atoms with van der Waals surface area (Å²) in [5, 5.41) is 0.0577. The second-order valence-corrected chi connectivity index (χ2v) is 8.12. The molecule has 0 saturated heterocycles. The lowest BCUT2D eigenvalue weighted by Gasteiger charge is -2.23. The standard InChI is InChI=1S/C18H36N2O2S2.C2H4/c1-5-9-13-19(14-10-6-2)17(21)23-24-18(22)20(15-11-7-3)16-12-8-4;1-2/h5-16H2,1-4H3;1-2H2. The minimum absolute atomic E-state index is 0.0289. The summed E-state index contributed by atoms with van der Waals surface area (Å²) in [6.07, 6.45) is 8.40. The van der Waals surface area contributed by atoms with Crippen molar-refractivity contribution < 1.29 is 9.59 Å². The Balaban J connectivity index is 0. The predicted octanol–water partition coefficient (Wildman–Crippen LogP) is 7.21. The van der Waals surface area contributed by atoms with Crippen molar-refractivity contribution in [1.29, 1.82) is 0 Å². The molecule has 0 aromatic rings. The average Bonchev–Trinajstić information content (AvgIpc) is 2.67. The van der Waals surface area contributed by atoms with Crippen molar-refractivity contribution in [3.05, 3.63) is 13.2 Å². The van der Waals surface area contributed by atoms with Crippen LogP contribution in [0.2, 0.25) is 0 Å². The van der Waals surface area contributed by atoms with Gasteiger partial charge in [-0.3, -0.25) is 9.59 Å². The molecule has 0 rings (SSSR count). The smallest absolute Gasteiger partial charge is 0.292 e. The number of carbonyl (C=O) groups is 2. The van der Waals surface area contributed by atoms with E-state index in [0.29, 0.717) is 0 Å². The molecule has 154 valence electrons. The van der Waals surface area contributed by atoms with Gasteiger partial charge in [-0.15, -0.1) is 13.2 Å². The molecule has 0 heterocycles. The fourth-order valence-corrected chi connectivity index (χ4v) is 3.94. The maximum atomic E-state index is 12.4. The third-order valence-electron chi connectivity index (χ3n) is 3.83. The topological polar surface area (TPSA) is 40.6 Å². The number of unbranched alkanes of at least 4 members (excludes halogenated alkanes) is 4. The minimum atomic E-state index is 0.0289. The van der Waals surface area contributed by atoms with Gasteiger partial charge in [-0.25, -0.2) is 0 Å². The molecule has 6 heteroatoms. The summed E-state index contributed by atoms with van der Waals surface area (Å²) in [6, 6.07) is 0. The Morgan fingerprint density at radius 2 is 0.846 bits per heavy atom. The second-order valence-electron chi connectivity index (χ2n) is 6.09. The molecule has 0 saturated carbocycles. The van der Waals surface area contributed by atoms with Crippen LogP contribution in [0, 0.1) is 0 Å². The molecular weight excluding hydrogens is 364 g/mol. The second kappa shape index (κ2) is 20.7. The van der Waals surface area contributed by atoms with Gasteiger partial charge in [0, 0.05) is 47.8 Å². The fraction of sp³-hybridized carbons (Fsp3) is 0.800. The number of hydrogen-bond donors (Lipinski definition) is 0. The highest BCUT2D eigenvalue weighted by Crippen LogP contribution is 2.28. The first-order chi connectivity index (χ1) is 12.6. The zero-order chi connectivity index (χ0) is 20.2. The van der Waals surface area contributed by atoms with E-state index in [-0.39, 0.29) is 10.5 Å². The molecule has 0 aromatic carbocycles. The van der Waals surface area contributed by atoms with Gasteiger partial charge in [-0.2, -0.15) is 0 Å². The highest BCUT2D eigenvalue weighted by molar-refractivity contribution is 8.87. The van der Waals surface area contributed by atoms with E-state index in [1.165, 1.54) is 0 Å².